The maximum Gasteiger partial charge on any atom is 0.271 e. The molecule has 1 fully saturated rings. The number of carbonyl (C=O) groups is 1. The maximum atomic E-state index is 12.1. The second-order valence-corrected chi connectivity index (χ2v) is 5.49. The van der Waals surface area contributed by atoms with Crippen molar-refractivity contribution in [2.24, 2.45) is 0 Å². The summed E-state index contributed by atoms with van der Waals surface area (Å²) in [6, 6.07) is 5.11. The zero-order chi connectivity index (χ0) is 16.9. The Morgan fingerprint density at radius 3 is 2.83 bits per heavy atom. The number of aliphatic hydroxyl groups excluding tert-OH is 1. The summed E-state index contributed by atoms with van der Waals surface area (Å²) in [7, 11) is 0. The van der Waals surface area contributed by atoms with Crippen LogP contribution in [0.25, 0.3) is 0 Å². The van der Waals surface area contributed by atoms with Gasteiger partial charge in [0.2, 0.25) is 0 Å². The van der Waals surface area contributed by atoms with Gasteiger partial charge in [0.1, 0.15) is 17.6 Å². The Kier molecular flexibility index (Phi) is 4.63. The predicted octanol–water partition coefficient (Wildman–Crippen LogP) is 0.113. The molecule has 8 heteroatoms. The molecule has 3 rings (SSSR count). The van der Waals surface area contributed by atoms with Gasteiger partial charge in [-0.2, -0.15) is 5.26 Å². The van der Waals surface area contributed by atoms with Gasteiger partial charge in [0.05, 0.1) is 23.9 Å². The summed E-state index contributed by atoms with van der Waals surface area (Å²) in [5.41, 5.74) is 0.714. The monoisotopic (exact) mass is 324 g/mol. The number of nitrogens with zero attached hydrogens (tertiary/aromatic N) is 5. The summed E-state index contributed by atoms with van der Waals surface area (Å²) in [5, 5.41) is 21.9. The van der Waals surface area contributed by atoms with Crippen molar-refractivity contribution in [2.75, 3.05) is 18.0 Å². The molecule has 2 atom stereocenters. The smallest absolute Gasteiger partial charge is 0.271 e. The van der Waals surface area contributed by atoms with Crippen molar-refractivity contribution in [1.29, 1.82) is 5.26 Å². The Morgan fingerprint density at radius 2 is 2.21 bits per heavy atom. The number of anilines is 1. The largest absolute Gasteiger partial charge is 0.389 e. The van der Waals surface area contributed by atoms with Crippen molar-refractivity contribution in [2.45, 2.75) is 18.6 Å². The zero-order valence-electron chi connectivity index (χ0n) is 12.8. The van der Waals surface area contributed by atoms with Crippen LogP contribution in [-0.2, 0) is 0 Å². The fourth-order valence-corrected chi connectivity index (χ4v) is 2.61. The average molecular weight is 324 g/mol. The summed E-state index contributed by atoms with van der Waals surface area (Å²) in [4.78, 5) is 26.1. The predicted molar refractivity (Wildman–Crippen MR) is 85.1 cm³/mol. The Hall–Kier alpha value is -3.05. The van der Waals surface area contributed by atoms with Crippen LogP contribution in [0.3, 0.4) is 0 Å². The number of aromatic nitrogens is 3. The standard InChI is InChI=1S/C16H16N6O2/c17-7-11-1-2-15(20-8-11)22-6-3-12(14(23)10-22)21-16(24)13-9-18-4-5-19-13/h1-2,4-5,8-9,12,14,23H,3,6,10H2,(H,21,24)/t12-,14-/m1/s1. The molecule has 0 bridgehead atoms. The molecule has 0 radical (unpaired) electrons. The van der Waals surface area contributed by atoms with Crippen molar-refractivity contribution in [3.63, 3.8) is 0 Å². The van der Waals surface area contributed by atoms with Gasteiger partial charge in [0.15, 0.2) is 0 Å². The first kappa shape index (κ1) is 15.8. The number of nitriles is 1. The van der Waals surface area contributed by atoms with E-state index in [-0.39, 0.29) is 17.6 Å². The molecule has 1 amide bonds. The molecule has 2 N–H and O–H groups in total. The summed E-state index contributed by atoms with van der Waals surface area (Å²) in [6.45, 7) is 0.992. The van der Waals surface area contributed by atoms with E-state index in [2.05, 4.69) is 20.3 Å². The zero-order valence-corrected chi connectivity index (χ0v) is 12.8. The van der Waals surface area contributed by atoms with Crippen LogP contribution in [0.4, 0.5) is 5.82 Å². The number of nitrogens with one attached hydrogen (secondary N) is 1. The summed E-state index contributed by atoms with van der Waals surface area (Å²) in [6.07, 6.45) is 5.69. The molecule has 0 saturated carbocycles. The number of rotatable bonds is 3. The first-order valence-corrected chi connectivity index (χ1v) is 7.53. The average Bonchev–Trinajstić information content (AvgIpc) is 2.64. The van der Waals surface area contributed by atoms with Crippen molar-refractivity contribution in [1.82, 2.24) is 20.3 Å². The van der Waals surface area contributed by atoms with Crippen molar-refractivity contribution < 1.29 is 9.90 Å². The molecule has 3 heterocycles. The summed E-state index contributed by atoms with van der Waals surface area (Å²) < 4.78 is 0. The van der Waals surface area contributed by atoms with Gasteiger partial charge >= 0.3 is 0 Å². The molecule has 0 unspecified atom stereocenters. The van der Waals surface area contributed by atoms with E-state index >= 15 is 0 Å². The highest BCUT2D eigenvalue weighted by atomic mass is 16.3. The first-order chi connectivity index (χ1) is 11.7. The van der Waals surface area contributed by atoms with Crippen LogP contribution in [0, 0.1) is 11.3 Å². The Labute approximate surface area is 138 Å². The van der Waals surface area contributed by atoms with Gasteiger partial charge < -0.3 is 15.3 Å². The lowest BCUT2D eigenvalue weighted by molar-refractivity contribution is 0.0793. The number of amides is 1. The van der Waals surface area contributed by atoms with E-state index in [1.54, 1.807) is 12.1 Å². The molecule has 0 aromatic carbocycles. The second-order valence-electron chi connectivity index (χ2n) is 5.49. The van der Waals surface area contributed by atoms with Gasteiger partial charge in [-0.3, -0.25) is 9.78 Å². The minimum absolute atomic E-state index is 0.223. The molecule has 2 aromatic rings. The van der Waals surface area contributed by atoms with E-state index in [1.807, 2.05) is 11.0 Å². The number of piperidine rings is 1. The van der Waals surface area contributed by atoms with Crippen LogP contribution in [0.15, 0.2) is 36.9 Å². The first-order valence-electron chi connectivity index (χ1n) is 7.53. The Balaban J connectivity index is 1.61. The molecule has 1 saturated heterocycles. The third kappa shape index (κ3) is 3.47. The van der Waals surface area contributed by atoms with Gasteiger partial charge in [-0.15, -0.1) is 0 Å². The van der Waals surface area contributed by atoms with Gasteiger partial charge in [-0.25, -0.2) is 9.97 Å². The lowest BCUT2D eigenvalue weighted by Crippen LogP contribution is -2.54. The minimum atomic E-state index is -0.725. The summed E-state index contributed by atoms with van der Waals surface area (Å²) in [5.74, 6) is 0.351. The molecule has 1 aliphatic rings. The lowest BCUT2D eigenvalue weighted by atomic mass is 10.0. The number of pyridine rings is 1. The fraction of sp³-hybridized carbons (Fsp3) is 0.312. The molecular formula is C16H16N6O2. The molecule has 122 valence electrons. The number of hydrogen-bond donors (Lipinski definition) is 2. The highest BCUT2D eigenvalue weighted by molar-refractivity contribution is 5.92. The SMILES string of the molecule is N#Cc1ccc(N2CC[C@@H](NC(=O)c3cnccn3)[C@H](O)C2)nc1. The topological polar surface area (TPSA) is 115 Å². The van der Waals surface area contributed by atoms with Gasteiger partial charge in [-0.1, -0.05) is 0 Å². The quantitative estimate of drug-likeness (QED) is 0.823. The van der Waals surface area contributed by atoms with Crippen LogP contribution >= 0.6 is 0 Å². The molecule has 24 heavy (non-hydrogen) atoms. The molecule has 1 aliphatic heterocycles. The van der Waals surface area contributed by atoms with Crippen LogP contribution in [0.2, 0.25) is 0 Å². The van der Waals surface area contributed by atoms with E-state index in [4.69, 9.17) is 5.26 Å². The second kappa shape index (κ2) is 7.02. The fourth-order valence-electron chi connectivity index (χ4n) is 2.61. The molecule has 0 aliphatic carbocycles. The third-order valence-electron chi connectivity index (χ3n) is 3.90. The van der Waals surface area contributed by atoms with Crippen molar-refractivity contribution >= 4 is 11.7 Å². The minimum Gasteiger partial charge on any atom is -0.389 e. The number of carbonyl (C=O) groups excluding carboxylic acids is 1. The van der Waals surface area contributed by atoms with Crippen molar-refractivity contribution in [3.05, 3.63) is 48.2 Å². The highest BCUT2D eigenvalue weighted by Gasteiger charge is 2.30. The van der Waals surface area contributed by atoms with E-state index < -0.39 is 6.10 Å². The van der Waals surface area contributed by atoms with Crippen LogP contribution in [0.1, 0.15) is 22.5 Å². The van der Waals surface area contributed by atoms with E-state index in [9.17, 15) is 9.90 Å². The Bertz CT molecular complexity index is 743. The normalized spacial score (nSPS) is 20.2. The van der Waals surface area contributed by atoms with Crippen molar-refractivity contribution in [3.8, 4) is 6.07 Å². The molecule has 8 nitrogen and oxygen atoms in total. The number of β-amino-alcohol motifs (C(OH)–C–C–N with tert-alkyl or cyclic N) is 1. The van der Waals surface area contributed by atoms with Gasteiger partial charge in [0.25, 0.3) is 5.91 Å². The van der Waals surface area contributed by atoms with Gasteiger partial charge in [-0.05, 0) is 18.6 Å². The molecule has 2 aromatic heterocycles. The van der Waals surface area contributed by atoms with E-state index in [1.165, 1.54) is 24.8 Å². The lowest BCUT2D eigenvalue weighted by Gasteiger charge is -2.36. The van der Waals surface area contributed by atoms with Crippen LogP contribution < -0.4 is 10.2 Å². The maximum absolute atomic E-state index is 12.1. The third-order valence-corrected chi connectivity index (χ3v) is 3.90. The Morgan fingerprint density at radius 1 is 1.33 bits per heavy atom. The summed E-state index contributed by atoms with van der Waals surface area (Å²) >= 11 is 0. The van der Waals surface area contributed by atoms with Crippen LogP contribution in [-0.4, -0.2) is 51.2 Å². The van der Waals surface area contributed by atoms with Crippen LogP contribution in [0.5, 0.6) is 0 Å². The van der Waals surface area contributed by atoms with Gasteiger partial charge in [0, 0.05) is 31.7 Å². The van der Waals surface area contributed by atoms with E-state index in [0.29, 0.717) is 30.9 Å². The highest BCUT2D eigenvalue weighted by Crippen LogP contribution is 2.18. The number of hydrogen-bond acceptors (Lipinski definition) is 7. The van der Waals surface area contributed by atoms with E-state index in [0.717, 1.165) is 0 Å². The molecular weight excluding hydrogens is 308 g/mol. The number of aliphatic hydroxyl groups is 1. The molecule has 0 spiro atoms.